The Kier molecular flexibility index (Phi) is 4.98. The average Bonchev–Trinajstić information content (AvgIpc) is 2.46. The van der Waals surface area contributed by atoms with Gasteiger partial charge in [-0.1, -0.05) is 19.3 Å². The van der Waals surface area contributed by atoms with E-state index in [2.05, 4.69) is 20.9 Å². The number of nitrogens with zero attached hydrogens (tertiary/aromatic N) is 2. The molecular formula is C15H19BrN2O3. The van der Waals surface area contributed by atoms with E-state index in [0.717, 1.165) is 32.1 Å². The fourth-order valence-corrected chi connectivity index (χ4v) is 3.48. The number of carboxylic acid groups (broad SMARTS) is 1. The molecule has 114 valence electrons. The lowest BCUT2D eigenvalue weighted by Gasteiger charge is -2.44. The maximum absolute atomic E-state index is 12.7. The number of pyridine rings is 1. The van der Waals surface area contributed by atoms with Gasteiger partial charge in [-0.15, -0.1) is 0 Å². The SMILES string of the molecule is CN(C(=O)c1cccnc1Br)C1(CC(=O)O)CCCCC1. The van der Waals surface area contributed by atoms with Crippen LogP contribution in [0.5, 0.6) is 0 Å². The molecule has 0 unspecified atom stereocenters. The average molecular weight is 355 g/mol. The predicted octanol–water partition coefficient (Wildman–Crippen LogP) is 3.09. The normalized spacial score (nSPS) is 17.2. The fraction of sp³-hybridized carbons (Fsp3) is 0.533. The Bertz CT molecular complexity index is 541. The second-order valence-electron chi connectivity index (χ2n) is 5.56. The van der Waals surface area contributed by atoms with E-state index in [1.807, 2.05) is 0 Å². The second-order valence-corrected chi connectivity index (χ2v) is 6.31. The van der Waals surface area contributed by atoms with Gasteiger partial charge in [0.05, 0.1) is 17.5 Å². The minimum atomic E-state index is -0.859. The van der Waals surface area contributed by atoms with E-state index in [0.29, 0.717) is 10.2 Å². The number of rotatable bonds is 4. The first-order valence-electron chi connectivity index (χ1n) is 7.07. The fourth-order valence-electron chi connectivity index (χ4n) is 3.06. The van der Waals surface area contributed by atoms with Gasteiger partial charge >= 0.3 is 5.97 Å². The van der Waals surface area contributed by atoms with Crippen LogP contribution in [0.3, 0.4) is 0 Å². The summed E-state index contributed by atoms with van der Waals surface area (Å²) in [5.74, 6) is -1.04. The van der Waals surface area contributed by atoms with Crippen LogP contribution in [0.4, 0.5) is 0 Å². The van der Waals surface area contributed by atoms with Crippen molar-refractivity contribution >= 4 is 27.8 Å². The Labute approximate surface area is 132 Å². The van der Waals surface area contributed by atoms with Crippen molar-refractivity contribution in [3.05, 3.63) is 28.5 Å². The van der Waals surface area contributed by atoms with Crippen molar-refractivity contribution in [1.82, 2.24) is 9.88 Å². The van der Waals surface area contributed by atoms with Crippen LogP contribution < -0.4 is 0 Å². The molecule has 1 aliphatic rings. The van der Waals surface area contributed by atoms with Gasteiger partial charge in [-0.05, 0) is 40.9 Å². The first-order valence-corrected chi connectivity index (χ1v) is 7.86. The maximum Gasteiger partial charge on any atom is 0.305 e. The summed E-state index contributed by atoms with van der Waals surface area (Å²) in [6.07, 6.45) is 6.08. The smallest absolute Gasteiger partial charge is 0.305 e. The topological polar surface area (TPSA) is 70.5 Å². The minimum Gasteiger partial charge on any atom is -0.481 e. The number of halogens is 1. The molecule has 6 heteroatoms. The van der Waals surface area contributed by atoms with Crippen LogP contribution in [-0.4, -0.2) is 39.5 Å². The van der Waals surface area contributed by atoms with Gasteiger partial charge in [-0.3, -0.25) is 9.59 Å². The van der Waals surface area contributed by atoms with Crippen molar-refractivity contribution in [3.8, 4) is 0 Å². The summed E-state index contributed by atoms with van der Waals surface area (Å²) in [5.41, 5.74) is -0.119. The molecule has 1 saturated carbocycles. The first-order chi connectivity index (χ1) is 9.96. The standard InChI is InChI=1S/C15H19BrN2O3/c1-18(14(21)11-6-5-9-17-13(11)16)15(10-12(19)20)7-3-2-4-8-15/h5-6,9H,2-4,7-8,10H2,1H3,(H,19,20). The molecule has 0 aromatic carbocycles. The van der Waals surface area contributed by atoms with Crippen LogP contribution >= 0.6 is 15.9 Å². The minimum absolute atomic E-state index is 0.00682. The number of carbonyl (C=O) groups excluding carboxylic acids is 1. The van der Waals surface area contributed by atoms with Crippen molar-refractivity contribution in [2.75, 3.05) is 7.05 Å². The van der Waals surface area contributed by atoms with Crippen LogP contribution in [0, 0.1) is 0 Å². The van der Waals surface area contributed by atoms with Crippen LogP contribution in [-0.2, 0) is 4.79 Å². The number of aliphatic carboxylic acids is 1. The van der Waals surface area contributed by atoms with Gasteiger partial charge in [0, 0.05) is 13.2 Å². The van der Waals surface area contributed by atoms with Crippen LogP contribution in [0.2, 0.25) is 0 Å². The van der Waals surface area contributed by atoms with E-state index in [9.17, 15) is 14.7 Å². The third kappa shape index (κ3) is 3.43. The third-order valence-corrected chi connectivity index (χ3v) is 4.90. The predicted molar refractivity (Wildman–Crippen MR) is 82.1 cm³/mol. The molecule has 0 saturated heterocycles. The Morgan fingerprint density at radius 1 is 1.38 bits per heavy atom. The van der Waals surface area contributed by atoms with E-state index in [-0.39, 0.29) is 12.3 Å². The largest absolute Gasteiger partial charge is 0.481 e. The van der Waals surface area contributed by atoms with E-state index in [1.54, 1.807) is 30.3 Å². The Morgan fingerprint density at radius 2 is 2.05 bits per heavy atom. The van der Waals surface area contributed by atoms with Crippen molar-refractivity contribution in [1.29, 1.82) is 0 Å². The molecule has 0 atom stereocenters. The molecule has 21 heavy (non-hydrogen) atoms. The molecule has 5 nitrogen and oxygen atoms in total. The van der Waals surface area contributed by atoms with Gasteiger partial charge in [0.25, 0.3) is 5.91 Å². The Balaban J connectivity index is 2.29. The van der Waals surface area contributed by atoms with Gasteiger partial charge in [0.2, 0.25) is 0 Å². The number of amides is 1. The summed E-state index contributed by atoms with van der Waals surface area (Å²) in [6.45, 7) is 0. The molecule has 1 aliphatic carbocycles. The summed E-state index contributed by atoms with van der Waals surface area (Å²) >= 11 is 3.28. The molecule has 2 rings (SSSR count). The Morgan fingerprint density at radius 3 is 2.62 bits per heavy atom. The monoisotopic (exact) mass is 354 g/mol. The summed E-state index contributed by atoms with van der Waals surface area (Å²) in [4.78, 5) is 29.6. The zero-order valence-electron chi connectivity index (χ0n) is 12.0. The molecule has 0 radical (unpaired) electrons. The second kappa shape index (κ2) is 6.56. The Hall–Kier alpha value is -1.43. The molecule has 1 heterocycles. The molecular weight excluding hydrogens is 336 g/mol. The molecule has 1 aromatic heterocycles. The third-order valence-electron chi connectivity index (χ3n) is 4.27. The molecule has 0 bridgehead atoms. The molecule has 0 spiro atoms. The first kappa shape index (κ1) is 15.9. The number of hydrogen-bond acceptors (Lipinski definition) is 3. The maximum atomic E-state index is 12.7. The van der Waals surface area contributed by atoms with Crippen LogP contribution in [0.15, 0.2) is 22.9 Å². The van der Waals surface area contributed by atoms with Crippen molar-refractivity contribution < 1.29 is 14.7 Å². The summed E-state index contributed by atoms with van der Waals surface area (Å²) in [7, 11) is 1.70. The van der Waals surface area contributed by atoms with Crippen molar-refractivity contribution in [2.45, 2.75) is 44.1 Å². The van der Waals surface area contributed by atoms with E-state index >= 15 is 0 Å². The molecule has 1 fully saturated rings. The van der Waals surface area contributed by atoms with E-state index in [1.165, 1.54) is 0 Å². The van der Waals surface area contributed by atoms with Crippen LogP contribution in [0.1, 0.15) is 48.9 Å². The van der Waals surface area contributed by atoms with Gasteiger partial charge in [-0.25, -0.2) is 4.98 Å². The lowest BCUT2D eigenvalue weighted by atomic mass is 9.78. The zero-order chi connectivity index (χ0) is 15.5. The number of carbonyl (C=O) groups is 2. The van der Waals surface area contributed by atoms with E-state index < -0.39 is 11.5 Å². The lowest BCUT2D eigenvalue weighted by molar-refractivity contribution is -0.140. The lowest BCUT2D eigenvalue weighted by Crippen LogP contribution is -2.52. The van der Waals surface area contributed by atoms with Gasteiger partial charge in [0.1, 0.15) is 4.60 Å². The zero-order valence-corrected chi connectivity index (χ0v) is 13.6. The summed E-state index contributed by atoms with van der Waals surface area (Å²) < 4.78 is 0.489. The molecule has 1 amide bonds. The van der Waals surface area contributed by atoms with E-state index in [4.69, 9.17) is 0 Å². The van der Waals surface area contributed by atoms with Crippen molar-refractivity contribution in [2.24, 2.45) is 0 Å². The van der Waals surface area contributed by atoms with Gasteiger partial charge in [0.15, 0.2) is 0 Å². The highest BCUT2D eigenvalue weighted by atomic mass is 79.9. The molecule has 1 aromatic rings. The highest BCUT2D eigenvalue weighted by Crippen LogP contribution is 2.37. The number of hydrogen-bond donors (Lipinski definition) is 1. The van der Waals surface area contributed by atoms with Gasteiger partial charge < -0.3 is 10.0 Å². The number of carboxylic acids is 1. The summed E-state index contributed by atoms with van der Waals surface area (Å²) in [6, 6.07) is 3.41. The van der Waals surface area contributed by atoms with Crippen molar-refractivity contribution in [3.63, 3.8) is 0 Å². The highest BCUT2D eigenvalue weighted by Gasteiger charge is 2.41. The van der Waals surface area contributed by atoms with Gasteiger partial charge in [-0.2, -0.15) is 0 Å². The molecule has 0 aliphatic heterocycles. The highest BCUT2D eigenvalue weighted by molar-refractivity contribution is 9.10. The summed E-state index contributed by atoms with van der Waals surface area (Å²) in [5, 5.41) is 9.23. The quantitative estimate of drug-likeness (QED) is 0.843. The molecule has 1 N–H and O–H groups in total. The van der Waals surface area contributed by atoms with Crippen LogP contribution in [0.25, 0.3) is 0 Å². The number of aromatic nitrogens is 1.